The number of nitrogens with one attached hydrogen (secondary N) is 1. The number of alkyl carbamates (subject to hydrolysis) is 1. The summed E-state index contributed by atoms with van der Waals surface area (Å²) in [6.45, 7) is 5.32. The van der Waals surface area contributed by atoms with Crippen molar-refractivity contribution in [2.75, 3.05) is 0 Å². The zero-order valence-corrected chi connectivity index (χ0v) is 13.6. The van der Waals surface area contributed by atoms with Crippen molar-refractivity contribution >= 4 is 12.4 Å². The van der Waals surface area contributed by atoms with Crippen LogP contribution in [-0.2, 0) is 9.53 Å². The molecule has 23 heavy (non-hydrogen) atoms. The van der Waals surface area contributed by atoms with E-state index in [1.807, 2.05) is 54.6 Å². The highest BCUT2D eigenvalue weighted by atomic mass is 16.6. The highest BCUT2D eigenvalue weighted by Crippen LogP contribution is 2.21. The maximum Gasteiger partial charge on any atom is 0.408 e. The first kappa shape index (κ1) is 16.7. The van der Waals surface area contributed by atoms with Crippen LogP contribution in [0.2, 0.25) is 0 Å². The summed E-state index contributed by atoms with van der Waals surface area (Å²) in [5, 5.41) is 2.57. The number of aldehydes is 1. The molecule has 4 nitrogen and oxygen atoms in total. The predicted molar refractivity (Wildman–Crippen MR) is 90.1 cm³/mol. The topological polar surface area (TPSA) is 55.4 Å². The summed E-state index contributed by atoms with van der Waals surface area (Å²) in [5.74, 6) is 0. The van der Waals surface area contributed by atoms with Crippen LogP contribution >= 0.6 is 0 Å². The number of amides is 1. The van der Waals surface area contributed by atoms with E-state index in [2.05, 4.69) is 5.32 Å². The minimum absolute atomic E-state index is 0.602. The lowest BCUT2D eigenvalue weighted by molar-refractivity contribution is -0.109. The quantitative estimate of drug-likeness (QED) is 0.864. The van der Waals surface area contributed by atoms with Crippen molar-refractivity contribution in [3.05, 3.63) is 60.2 Å². The van der Waals surface area contributed by atoms with E-state index < -0.39 is 17.7 Å². The summed E-state index contributed by atoms with van der Waals surface area (Å²) in [5.41, 5.74) is 2.26. The molecule has 120 valence electrons. The third-order valence-electron chi connectivity index (χ3n) is 3.19. The van der Waals surface area contributed by atoms with Crippen LogP contribution in [0, 0.1) is 0 Å². The SMILES string of the molecule is CC(C)(C)OC(=O)NC(C=O)c1ccc(-c2ccccc2)cc1. The molecule has 1 N–H and O–H groups in total. The Morgan fingerprint density at radius 1 is 1.00 bits per heavy atom. The molecule has 2 rings (SSSR count). The molecule has 0 fully saturated rings. The van der Waals surface area contributed by atoms with Gasteiger partial charge in [0.05, 0.1) is 0 Å². The van der Waals surface area contributed by atoms with Crippen LogP contribution in [0.25, 0.3) is 11.1 Å². The summed E-state index contributed by atoms with van der Waals surface area (Å²) in [4.78, 5) is 23.1. The fourth-order valence-electron chi connectivity index (χ4n) is 2.14. The highest BCUT2D eigenvalue weighted by Gasteiger charge is 2.20. The van der Waals surface area contributed by atoms with Gasteiger partial charge in [0, 0.05) is 0 Å². The summed E-state index contributed by atoms with van der Waals surface area (Å²) < 4.78 is 5.18. The number of rotatable bonds is 4. The van der Waals surface area contributed by atoms with E-state index in [9.17, 15) is 9.59 Å². The van der Waals surface area contributed by atoms with Crippen LogP contribution in [0.15, 0.2) is 54.6 Å². The van der Waals surface area contributed by atoms with Gasteiger partial charge in [-0.05, 0) is 37.5 Å². The van der Waals surface area contributed by atoms with Gasteiger partial charge < -0.3 is 14.8 Å². The molecule has 0 aromatic heterocycles. The van der Waals surface area contributed by atoms with Crippen molar-refractivity contribution in [2.24, 2.45) is 0 Å². The first-order valence-electron chi connectivity index (χ1n) is 7.49. The molecule has 1 atom stereocenters. The summed E-state index contributed by atoms with van der Waals surface area (Å²) >= 11 is 0. The third kappa shape index (κ3) is 4.95. The number of benzene rings is 2. The van der Waals surface area contributed by atoms with Gasteiger partial charge in [-0.2, -0.15) is 0 Å². The Balaban J connectivity index is 2.10. The van der Waals surface area contributed by atoms with E-state index in [1.54, 1.807) is 20.8 Å². The third-order valence-corrected chi connectivity index (χ3v) is 3.19. The molecule has 1 amide bonds. The van der Waals surface area contributed by atoms with E-state index >= 15 is 0 Å². The van der Waals surface area contributed by atoms with Crippen molar-refractivity contribution in [3.63, 3.8) is 0 Å². The summed E-state index contributed by atoms with van der Waals surface area (Å²) in [6, 6.07) is 16.7. The fourth-order valence-corrected chi connectivity index (χ4v) is 2.14. The molecular formula is C19H21NO3. The normalized spacial score (nSPS) is 12.3. The van der Waals surface area contributed by atoms with Crippen LogP contribution in [0.1, 0.15) is 32.4 Å². The van der Waals surface area contributed by atoms with Crippen molar-refractivity contribution in [3.8, 4) is 11.1 Å². The van der Waals surface area contributed by atoms with E-state index in [0.29, 0.717) is 11.8 Å². The average molecular weight is 311 g/mol. The number of hydrogen-bond acceptors (Lipinski definition) is 3. The lowest BCUT2D eigenvalue weighted by Crippen LogP contribution is -2.35. The molecule has 0 spiro atoms. The molecule has 1 unspecified atom stereocenters. The Morgan fingerprint density at radius 2 is 1.57 bits per heavy atom. The van der Waals surface area contributed by atoms with E-state index in [-0.39, 0.29) is 0 Å². The predicted octanol–water partition coefficient (Wildman–Crippen LogP) is 4.12. The number of carbonyl (C=O) groups is 2. The van der Waals surface area contributed by atoms with Crippen molar-refractivity contribution in [1.82, 2.24) is 5.32 Å². The van der Waals surface area contributed by atoms with Gasteiger partial charge in [0.25, 0.3) is 0 Å². The zero-order chi connectivity index (χ0) is 16.9. The van der Waals surface area contributed by atoms with Gasteiger partial charge in [0.2, 0.25) is 0 Å². The maximum absolute atomic E-state index is 11.8. The van der Waals surface area contributed by atoms with Gasteiger partial charge in [-0.3, -0.25) is 0 Å². The Labute approximate surface area is 136 Å². The number of ether oxygens (including phenoxy) is 1. The lowest BCUT2D eigenvalue weighted by atomic mass is 10.0. The number of carbonyl (C=O) groups excluding carboxylic acids is 2. The van der Waals surface area contributed by atoms with E-state index in [1.165, 1.54) is 0 Å². The highest BCUT2D eigenvalue weighted by molar-refractivity contribution is 5.75. The summed E-state index contributed by atoms with van der Waals surface area (Å²) in [7, 11) is 0. The van der Waals surface area contributed by atoms with Gasteiger partial charge in [-0.1, -0.05) is 54.6 Å². The standard InChI is InChI=1S/C19H21NO3/c1-19(2,3)23-18(22)20-17(13-21)16-11-9-15(10-12-16)14-7-5-4-6-8-14/h4-13,17H,1-3H3,(H,20,22). The van der Waals surface area contributed by atoms with Crippen molar-refractivity contribution in [2.45, 2.75) is 32.4 Å². The second-order valence-electron chi connectivity index (χ2n) is 6.25. The molecule has 2 aromatic carbocycles. The average Bonchev–Trinajstić information content (AvgIpc) is 2.52. The first-order chi connectivity index (χ1) is 10.9. The van der Waals surface area contributed by atoms with Crippen LogP contribution in [0.4, 0.5) is 4.79 Å². The van der Waals surface area contributed by atoms with Gasteiger partial charge in [0.15, 0.2) is 0 Å². The van der Waals surface area contributed by atoms with Crippen molar-refractivity contribution < 1.29 is 14.3 Å². The van der Waals surface area contributed by atoms with Crippen LogP contribution in [0.3, 0.4) is 0 Å². The molecule has 0 aliphatic heterocycles. The molecular weight excluding hydrogens is 290 g/mol. The smallest absolute Gasteiger partial charge is 0.408 e. The van der Waals surface area contributed by atoms with Crippen LogP contribution in [-0.4, -0.2) is 18.0 Å². The van der Waals surface area contributed by atoms with Gasteiger partial charge in [-0.15, -0.1) is 0 Å². The van der Waals surface area contributed by atoms with Gasteiger partial charge in [0.1, 0.15) is 17.9 Å². The van der Waals surface area contributed by atoms with E-state index in [4.69, 9.17) is 4.74 Å². The lowest BCUT2D eigenvalue weighted by Gasteiger charge is -2.21. The number of hydrogen-bond donors (Lipinski definition) is 1. The molecule has 4 heteroatoms. The van der Waals surface area contributed by atoms with Crippen LogP contribution < -0.4 is 5.32 Å². The Morgan fingerprint density at radius 3 is 2.09 bits per heavy atom. The molecule has 0 saturated heterocycles. The molecule has 0 aliphatic rings. The Kier molecular flexibility index (Phi) is 5.16. The fraction of sp³-hybridized carbons (Fsp3) is 0.263. The largest absolute Gasteiger partial charge is 0.444 e. The molecule has 0 radical (unpaired) electrons. The summed E-state index contributed by atoms with van der Waals surface area (Å²) in [6.07, 6.45) is 0.0864. The Hall–Kier alpha value is -2.62. The van der Waals surface area contributed by atoms with Gasteiger partial charge >= 0.3 is 6.09 Å². The molecule has 0 saturated carbocycles. The second-order valence-corrected chi connectivity index (χ2v) is 6.25. The van der Waals surface area contributed by atoms with Crippen molar-refractivity contribution in [1.29, 1.82) is 0 Å². The molecule has 2 aromatic rings. The van der Waals surface area contributed by atoms with E-state index in [0.717, 1.165) is 11.1 Å². The molecule has 0 aliphatic carbocycles. The monoisotopic (exact) mass is 311 g/mol. The minimum Gasteiger partial charge on any atom is -0.444 e. The zero-order valence-electron chi connectivity index (χ0n) is 13.6. The van der Waals surface area contributed by atoms with Crippen LogP contribution in [0.5, 0.6) is 0 Å². The van der Waals surface area contributed by atoms with Gasteiger partial charge in [-0.25, -0.2) is 4.79 Å². The maximum atomic E-state index is 11.8. The minimum atomic E-state index is -0.727. The Bertz CT molecular complexity index is 657. The second kappa shape index (κ2) is 7.09. The molecule has 0 bridgehead atoms. The first-order valence-corrected chi connectivity index (χ1v) is 7.49. The molecule has 0 heterocycles.